The molecule has 0 atom stereocenters. The molecule has 1 amide bonds. The Kier molecular flexibility index (Phi) is 4.45. The molecule has 0 aliphatic carbocycles. The molecule has 2 rings (SSSR count). The zero-order chi connectivity index (χ0) is 15.4. The fourth-order valence-corrected chi connectivity index (χ4v) is 1.90. The van der Waals surface area contributed by atoms with E-state index >= 15 is 0 Å². The number of anilines is 1. The lowest BCUT2D eigenvalue weighted by Crippen LogP contribution is -2.11. The van der Waals surface area contributed by atoms with Gasteiger partial charge in [0.2, 0.25) is 5.91 Å². The van der Waals surface area contributed by atoms with E-state index in [-0.39, 0.29) is 6.61 Å². The van der Waals surface area contributed by atoms with Crippen LogP contribution in [0.15, 0.2) is 42.5 Å². The molecule has 6 heteroatoms. The van der Waals surface area contributed by atoms with Crippen LogP contribution >= 0.6 is 11.6 Å². The summed E-state index contributed by atoms with van der Waals surface area (Å²) in [6.45, 7) is 0.00108. The second-order valence-corrected chi connectivity index (χ2v) is 4.78. The fraction of sp³-hybridized carbons (Fsp3) is 0.0667. The Hall–Kier alpha value is -2.53. The molecule has 0 aliphatic rings. The lowest BCUT2D eigenvalue weighted by atomic mass is 10.1. The van der Waals surface area contributed by atoms with Crippen molar-refractivity contribution in [3.63, 3.8) is 0 Å². The van der Waals surface area contributed by atoms with E-state index in [1.165, 1.54) is 12.1 Å². The van der Waals surface area contributed by atoms with Crippen molar-refractivity contribution >= 4 is 29.2 Å². The van der Waals surface area contributed by atoms with Crippen molar-refractivity contribution < 1.29 is 14.3 Å². The van der Waals surface area contributed by atoms with Crippen molar-refractivity contribution in [3.05, 3.63) is 64.2 Å². The Bertz CT molecular complexity index is 684. The number of benzene rings is 2. The summed E-state index contributed by atoms with van der Waals surface area (Å²) in [5.74, 6) is -1.05. The van der Waals surface area contributed by atoms with Gasteiger partial charge in [-0.1, -0.05) is 17.7 Å². The fourth-order valence-electron chi connectivity index (χ4n) is 1.66. The normalized spacial score (nSPS) is 10.1. The van der Waals surface area contributed by atoms with Gasteiger partial charge in [0.25, 0.3) is 0 Å². The number of hydrogen-bond donors (Lipinski definition) is 2. The standard InChI is InChI=1S/C15H13ClN2O3/c16-13-7-10(14(18)19)1-2-11(13)8-21-15(20)9-3-5-12(17)6-4-9/h1-7H,8,17H2,(H2,18,19). The van der Waals surface area contributed by atoms with Gasteiger partial charge >= 0.3 is 5.97 Å². The molecule has 2 aromatic rings. The van der Waals surface area contributed by atoms with Crippen molar-refractivity contribution in [1.29, 1.82) is 0 Å². The molecule has 108 valence electrons. The first-order chi connectivity index (χ1) is 9.97. The van der Waals surface area contributed by atoms with Crippen LogP contribution in [0.25, 0.3) is 0 Å². The molecule has 0 radical (unpaired) electrons. The quantitative estimate of drug-likeness (QED) is 0.669. The minimum absolute atomic E-state index is 0.00108. The van der Waals surface area contributed by atoms with Gasteiger partial charge < -0.3 is 16.2 Å². The summed E-state index contributed by atoms with van der Waals surface area (Å²) in [5, 5.41) is 0.316. The highest BCUT2D eigenvalue weighted by Gasteiger charge is 2.10. The van der Waals surface area contributed by atoms with Crippen molar-refractivity contribution in [2.75, 3.05) is 5.73 Å². The number of rotatable bonds is 4. The maximum absolute atomic E-state index is 11.8. The van der Waals surface area contributed by atoms with Gasteiger partial charge in [-0.3, -0.25) is 4.79 Å². The van der Waals surface area contributed by atoms with Gasteiger partial charge in [0.1, 0.15) is 6.61 Å². The second-order valence-electron chi connectivity index (χ2n) is 4.37. The van der Waals surface area contributed by atoms with Crippen LogP contribution < -0.4 is 11.5 Å². The molecule has 0 heterocycles. The number of nitrogen functional groups attached to an aromatic ring is 1. The molecule has 0 aromatic heterocycles. The number of carbonyl (C=O) groups is 2. The third-order valence-corrected chi connectivity index (χ3v) is 3.19. The summed E-state index contributed by atoms with van der Waals surface area (Å²) in [7, 11) is 0. The first kappa shape index (κ1) is 14.9. The Balaban J connectivity index is 2.04. The van der Waals surface area contributed by atoms with Gasteiger partial charge in [-0.25, -0.2) is 4.79 Å². The number of nitrogens with two attached hydrogens (primary N) is 2. The van der Waals surface area contributed by atoms with Gasteiger partial charge in [-0.15, -0.1) is 0 Å². The SMILES string of the molecule is NC(=O)c1ccc(COC(=O)c2ccc(N)cc2)c(Cl)c1. The number of esters is 1. The number of hydrogen-bond acceptors (Lipinski definition) is 4. The van der Waals surface area contributed by atoms with Crippen molar-refractivity contribution in [3.8, 4) is 0 Å². The zero-order valence-corrected chi connectivity index (χ0v) is 11.8. The van der Waals surface area contributed by atoms with Crippen LogP contribution in [0.1, 0.15) is 26.3 Å². The lowest BCUT2D eigenvalue weighted by Gasteiger charge is -2.07. The molecular weight excluding hydrogens is 292 g/mol. The van der Waals surface area contributed by atoms with E-state index in [4.69, 9.17) is 27.8 Å². The van der Waals surface area contributed by atoms with Gasteiger partial charge in [-0.05, 0) is 36.4 Å². The van der Waals surface area contributed by atoms with Crippen molar-refractivity contribution in [1.82, 2.24) is 0 Å². The predicted octanol–water partition coefficient (Wildman–Crippen LogP) is 2.38. The third kappa shape index (κ3) is 3.73. The van der Waals surface area contributed by atoms with E-state index in [0.717, 1.165) is 0 Å². The zero-order valence-electron chi connectivity index (χ0n) is 11.0. The summed E-state index contributed by atoms with van der Waals surface area (Å²) in [6, 6.07) is 11.0. The highest BCUT2D eigenvalue weighted by molar-refractivity contribution is 6.31. The number of amides is 1. The van der Waals surface area contributed by atoms with Gasteiger partial charge in [0.15, 0.2) is 0 Å². The van der Waals surface area contributed by atoms with E-state index < -0.39 is 11.9 Å². The molecular formula is C15H13ClN2O3. The lowest BCUT2D eigenvalue weighted by molar-refractivity contribution is 0.0472. The van der Waals surface area contributed by atoms with E-state index in [1.54, 1.807) is 30.3 Å². The molecule has 0 bridgehead atoms. The van der Waals surface area contributed by atoms with Gasteiger partial charge in [0.05, 0.1) is 5.56 Å². The van der Waals surface area contributed by atoms with E-state index in [1.807, 2.05) is 0 Å². The molecule has 21 heavy (non-hydrogen) atoms. The maximum Gasteiger partial charge on any atom is 0.338 e. The highest BCUT2D eigenvalue weighted by Crippen LogP contribution is 2.19. The van der Waals surface area contributed by atoms with Crippen LogP contribution in [0.2, 0.25) is 5.02 Å². The number of carbonyl (C=O) groups excluding carboxylic acids is 2. The first-order valence-electron chi connectivity index (χ1n) is 6.08. The molecule has 4 N–H and O–H groups in total. The Morgan fingerprint density at radius 3 is 2.24 bits per heavy atom. The van der Waals surface area contributed by atoms with Crippen LogP contribution in [0.4, 0.5) is 5.69 Å². The average Bonchev–Trinajstić information content (AvgIpc) is 2.46. The molecule has 0 saturated carbocycles. The van der Waals surface area contributed by atoms with Crippen LogP contribution in [0.5, 0.6) is 0 Å². The summed E-state index contributed by atoms with van der Waals surface area (Å²) >= 11 is 6.01. The van der Waals surface area contributed by atoms with Gasteiger partial charge in [-0.2, -0.15) is 0 Å². The van der Waals surface area contributed by atoms with Crippen molar-refractivity contribution in [2.24, 2.45) is 5.73 Å². The van der Waals surface area contributed by atoms with E-state index in [0.29, 0.717) is 27.4 Å². The van der Waals surface area contributed by atoms with Crippen LogP contribution in [-0.2, 0) is 11.3 Å². The molecule has 0 unspecified atom stereocenters. The minimum Gasteiger partial charge on any atom is -0.457 e. The smallest absolute Gasteiger partial charge is 0.338 e. The van der Waals surface area contributed by atoms with E-state index in [2.05, 4.69) is 0 Å². The minimum atomic E-state index is -0.567. The van der Waals surface area contributed by atoms with E-state index in [9.17, 15) is 9.59 Å². The second kappa shape index (κ2) is 6.28. The molecule has 5 nitrogen and oxygen atoms in total. The van der Waals surface area contributed by atoms with Crippen LogP contribution in [-0.4, -0.2) is 11.9 Å². The summed E-state index contributed by atoms with van der Waals surface area (Å²) in [6.07, 6.45) is 0. The Morgan fingerprint density at radius 2 is 1.67 bits per heavy atom. The molecule has 0 aliphatic heterocycles. The Labute approximate surface area is 126 Å². The predicted molar refractivity (Wildman–Crippen MR) is 79.9 cm³/mol. The molecule has 0 saturated heterocycles. The van der Waals surface area contributed by atoms with Crippen LogP contribution in [0.3, 0.4) is 0 Å². The summed E-state index contributed by atoms with van der Waals surface area (Å²) < 4.78 is 5.15. The highest BCUT2D eigenvalue weighted by atomic mass is 35.5. The Morgan fingerprint density at radius 1 is 1.05 bits per heavy atom. The topological polar surface area (TPSA) is 95.4 Å². The maximum atomic E-state index is 11.8. The molecule has 0 spiro atoms. The summed E-state index contributed by atoms with van der Waals surface area (Å²) in [5.41, 5.74) is 12.5. The monoisotopic (exact) mass is 304 g/mol. The molecule has 2 aromatic carbocycles. The largest absolute Gasteiger partial charge is 0.457 e. The van der Waals surface area contributed by atoms with Crippen molar-refractivity contribution in [2.45, 2.75) is 6.61 Å². The average molecular weight is 305 g/mol. The number of primary amides is 1. The number of halogens is 1. The summed E-state index contributed by atoms with van der Waals surface area (Å²) in [4.78, 5) is 22.8. The number of ether oxygens (including phenoxy) is 1. The first-order valence-corrected chi connectivity index (χ1v) is 6.46. The molecule has 0 fully saturated rings. The van der Waals surface area contributed by atoms with Crippen LogP contribution in [0, 0.1) is 0 Å². The third-order valence-electron chi connectivity index (χ3n) is 2.84. The van der Waals surface area contributed by atoms with Gasteiger partial charge in [0, 0.05) is 21.8 Å².